The number of carbonyl (C=O) groups excluding carboxylic acids is 3. The van der Waals surface area contributed by atoms with E-state index in [0.717, 1.165) is 70.6 Å². The summed E-state index contributed by atoms with van der Waals surface area (Å²) < 4.78 is 16.9. The number of unbranched alkanes of at least 4 members (excludes halogenated alkanes) is 38. The van der Waals surface area contributed by atoms with Gasteiger partial charge < -0.3 is 14.2 Å². The van der Waals surface area contributed by atoms with Crippen molar-refractivity contribution in [2.45, 2.75) is 329 Å². The molecule has 0 aromatic heterocycles. The Bertz CT molecular complexity index is 1220. The molecule has 0 bridgehead atoms. The molecule has 0 amide bonds. The largest absolute Gasteiger partial charge is 0.462 e. The van der Waals surface area contributed by atoms with Gasteiger partial charge in [-0.15, -0.1) is 0 Å². The second kappa shape index (κ2) is 58.9. The van der Waals surface area contributed by atoms with E-state index in [4.69, 9.17) is 14.2 Å². The summed E-state index contributed by atoms with van der Waals surface area (Å²) >= 11 is 0. The SMILES string of the molecule is CCCCCCCC/C=C\CCCCCCCCCC(=O)OC(COC(=O)CCCCC/C=C\C=C/CCCCCCCCC)COC(=O)CCCCCCCCC/C=C\CCCCCCCCCC. The molecule has 0 aromatic carbocycles. The fraction of sp³-hybridized carbons (Fsp3) is 0.828. The fourth-order valence-corrected chi connectivity index (χ4v) is 8.90. The van der Waals surface area contributed by atoms with Crippen LogP contribution in [0.2, 0.25) is 0 Å². The zero-order valence-corrected chi connectivity index (χ0v) is 46.8. The van der Waals surface area contributed by atoms with Gasteiger partial charge in [0, 0.05) is 19.3 Å². The molecule has 1 atom stereocenters. The van der Waals surface area contributed by atoms with Crippen LogP contribution in [-0.2, 0) is 28.6 Å². The molecule has 0 aromatic rings. The van der Waals surface area contributed by atoms with E-state index in [-0.39, 0.29) is 31.1 Å². The smallest absolute Gasteiger partial charge is 0.306 e. The molecular formula is C64H116O6. The summed E-state index contributed by atoms with van der Waals surface area (Å²) in [5.41, 5.74) is 0. The lowest BCUT2D eigenvalue weighted by Crippen LogP contribution is -2.30. The zero-order valence-electron chi connectivity index (χ0n) is 46.8. The van der Waals surface area contributed by atoms with Crippen LogP contribution < -0.4 is 0 Å². The molecule has 0 fully saturated rings. The standard InChI is InChI=1S/C64H116O6/c1-4-7-10-13-16-19-22-25-28-31-32-34-36-39-42-45-48-51-54-57-63(66)69-60-61(59-68-62(65)56-53-50-47-44-41-38-35-30-27-24-21-18-15-12-9-6-3)70-64(67)58-55-52-49-46-43-40-37-33-29-26-23-20-17-14-11-8-5-2/h26,29-32,35,38,41,61H,4-25,27-28,33-34,36-37,39-40,42-60H2,1-3H3/b29-26-,32-31-,35-30-,41-38-. The van der Waals surface area contributed by atoms with Crippen molar-refractivity contribution in [1.82, 2.24) is 0 Å². The first-order valence-corrected chi connectivity index (χ1v) is 30.7. The van der Waals surface area contributed by atoms with Crippen LogP contribution in [-0.4, -0.2) is 37.2 Å². The summed E-state index contributed by atoms with van der Waals surface area (Å²) in [4.78, 5) is 38.2. The molecular weight excluding hydrogens is 865 g/mol. The Morgan fingerprint density at radius 3 is 0.814 bits per heavy atom. The molecule has 0 aliphatic rings. The number of esters is 3. The molecule has 0 saturated carbocycles. The lowest BCUT2D eigenvalue weighted by molar-refractivity contribution is -0.167. The Labute approximate surface area is 435 Å². The molecule has 0 spiro atoms. The van der Waals surface area contributed by atoms with Gasteiger partial charge in [0.05, 0.1) is 0 Å². The third kappa shape index (κ3) is 56.3. The average molecular weight is 982 g/mol. The van der Waals surface area contributed by atoms with E-state index < -0.39 is 6.10 Å². The maximum Gasteiger partial charge on any atom is 0.306 e. The highest BCUT2D eigenvalue weighted by molar-refractivity contribution is 5.71. The molecule has 6 heteroatoms. The van der Waals surface area contributed by atoms with E-state index in [1.807, 2.05) is 0 Å². The van der Waals surface area contributed by atoms with E-state index >= 15 is 0 Å². The Hall–Kier alpha value is -2.63. The van der Waals surface area contributed by atoms with E-state index in [9.17, 15) is 14.4 Å². The highest BCUT2D eigenvalue weighted by Gasteiger charge is 2.19. The average Bonchev–Trinajstić information content (AvgIpc) is 3.36. The van der Waals surface area contributed by atoms with Crippen LogP contribution in [0.15, 0.2) is 48.6 Å². The van der Waals surface area contributed by atoms with Gasteiger partial charge in [-0.2, -0.15) is 0 Å². The molecule has 0 aliphatic carbocycles. The minimum Gasteiger partial charge on any atom is -0.462 e. The highest BCUT2D eigenvalue weighted by Crippen LogP contribution is 2.16. The first-order chi connectivity index (χ1) is 34.5. The number of rotatable bonds is 56. The highest BCUT2D eigenvalue weighted by atomic mass is 16.6. The maximum absolute atomic E-state index is 12.9. The van der Waals surface area contributed by atoms with Crippen molar-refractivity contribution in [1.29, 1.82) is 0 Å². The molecule has 408 valence electrons. The van der Waals surface area contributed by atoms with Crippen LogP contribution in [0.4, 0.5) is 0 Å². The Kier molecular flexibility index (Phi) is 56.7. The number of allylic oxidation sites excluding steroid dienone is 8. The lowest BCUT2D eigenvalue weighted by Gasteiger charge is -2.18. The predicted octanol–water partition coefficient (Wildman–Crippen LogP) is 20.6. The summed E-state index contributed by atoms with van der Waals surface area (Å²) in [7, 11) is 0. The van der Waals surface area contributed by atoms with Gasteiger partial charge in [0.1, 0.15) is 13.2 Å². The minimum atomic E-state index is -0.788. The third-order valence-electron chi connectivity index (χ3n) is 13.6. The summed E-state index contributed by atoms with van der Waals surface area (Å²) in [6.07, 6.45) is 72.5. The van der Waals surface area contributed by atoms with Gasteiger partial charge in [0.15, 0.2) is 6.10 Å². The van der Waals surface area contributed by atoms with Crippen molar-refractivity contribution in [3.8, 4) is 0 Å². The molecule has 0 heterocycles. The van der Waals surface area contributed by atoms with Crippen molar-refractivity contribution in [2.24, 2.45) is 0 Å². The molecule has 0 aliphatic heterocycles. The molecule has 6 nitrogen and oxygen atoms in total. The lowest BCUT2D eigenvalue weighted by atomic mass is 10.1. The van der Waals surface area contributed by atoms with Crippen molar-refractivity contribution < 1.29 is 28.6 Å². The van der Waals surface area contributed by atoms with Gasteiger partial charge in [-0.3, -0.25) is 14.4 Å². The number of hydrogen-bond donors (Lipinski definition) is 0. The molecule has 0 saturated heterocycles. The number of hydrogen-bond acceptors (Lipinski definition) is 6. The third-order valence-corrected chi connectivity index (χ3v) is 13.6. The van der Waals surface area contributed by atoms with Crippen LogP contribution in [0.3, 0.4) is 0 Å². The first kappa shape index (κ1) is 67.4. The van der Waals surface area contributed by atoms with Crippen LogP contribution >= 0.6 is 0 Å². The summed E-state index contributed by atoms with van der Waals surface area (Å²) in [5, 5.41) is 0. The van der Waals surface area contributed by atoms with Gasteiger partial charge in [0.2, 0.25) is 0 Å². The van der Waals surface area contributed by atoms with Crippen LogP contribution in [0, 0.1) is 0 Å². The molecule has 70 heavy (non-hydrogen) atoms. The van der Waals surface area contributed by atoms with E-state index in [1.165, 1.54) is 212 Å². The first-order valence-electron chi connectivity index (χ1n) is 30.7. The summed E-state index contributed by atoms with van der Waals surface area (Å²) in [5.74, 6) is -0.903. The van der Waals surface area contributed by atoms with Crippen molar-refractivity contribution in [3.05, 3.63) is 48.6 Å². The fourth-order valence-electron chi connectivity index (χ4n) is 8.90. The van der Waals surface area contributed by atoms with Crippen LogP contribution in [0.5, 0.6) is 0 Å². The van der Waals surface area contributed by atoms with E-state index in [1.54, 1.807) is 0 Å². The van der Waals surface area contributed by atoms with Crippen molar-refractivity contribution in [3.63, 3.8) is 0 Å². The Balaban J connectivity index is 4.40. The summed E-state index contributed by atoms with van der Waals surface area (Å²) in [6.45, 7) is 6.64. The van der Waals surface area contributed by atoms with Gasteiger partial charge >= 0.3 is 17.9 Å². The Morgan fingerprint density at radius 1 is 0.286 bits per heavy atom. The molecule has 0 N–H and O–H groups in total. The van der Waals surface area contributed by atoms with Gasteiger partial charge in [0.25, 0.3) is 0 Å². The number of carbonyl (C=O) groups is 3. The second-order valence-electron chi connectivity index (χ2n) is 20.6. The van der Waals surface area contributed by atoms with Gasteiger partial charge in [-0.1, -0.05) is 256 Å². The van der Waals surface area contributed by atoms with Gasteiger partial charge in [-0.25, -0.2) is 0 Å². The maximum atomic E-state index is 12.9. The van der Waals surface area contributed by atoms with Crippen LogP contribution in [0.1, 0.15) is 323 Å². The number of ether oxygens (including phenoxy) is 3. The normalized spacial score (nSPS) is 12.3. The monoisotopic (exact) mass is 981 g/mol. The summed E-state index contributed by atoms with van der Waals surface area (Å²) in [6, 6.07) is 0. The molecule has 0 radical (unpaired) electrons. The Morgan fingerprint density at radius 2 is 0.514 bits per heavy atom. The zero-order chi connectivity index (χ0) is 50.7. The second-order valence-corrected chi connectivity index (χ2v) is 20.6. The van der Waals surface area contributed by atoms with Crippen LogP contribution in [0.25, 0.3) is 0 Å². The van der Waals surface area contributed by atoms with Crippen molar-refractivity contribution in [2.75, 3.05) is 13.2 Å². The van der Waals surface area contributed by atoms with E-state index in [2.05, 4.69) is 69.4 Å². The predicted molar refractivity (Wildman–Crippen MR) is 302 cm³/mol. The molecule has 1 unspecified atom stereocenters. The quantitative estimate of drug-likeness (QED) is 0.0199. The topological polar surface area (TPSA) is 78.9 Å². The van der Waals surface area contributed by atoms with Crippen molar-refractivity contribution >= 4 is 17.9 Å². The van der Waals surface area contributed by atoms with E-state index in [0.29, 0.717) is 19.3 Å². The minimum absolute atomic E-state index is 0.0838. The van der Waals surface area contributed by atoms with Gasteiger partial charge in [-0.05, 0) is 96.3 Å². The molecule has 0 rings (SSSR count).